The van der Waals surface area contributed by atoms with E-state index < -0.39 is 5.60 Å². The summed E-state index contributed by atoms with van der Waals surface area (Å²) in [5.74, 6) is 0. The van der Waals surface area contributed by atoms with Crippen LogP contribution in [0.2, 0.25) is 15.1 Å². The zero-order chi connectivity index (χ0) is 22.7. The van der Waals surface area contributed by atoms with Crippen molar-refractivity contribution < 1.29 is 5.11 Å². The minimum Gasteiger partial charge on any atom is -0.384 e. The third-order valence-electron chi connectivity index (χ3n) is 6.21. The second kappa shape index (κ2) is 9.98. The predicted molar refractivity (Wildman–Crippen MR) is 133 cm³/mol. The summed E-state index contributed by atoms with van der Waals surface area (Å²) in [5, 5.41) is 13.4. The molecule has 1 aliphatic heterocycles. The Bertz CT molecular complexity index is 1050. The van der Waals surface area contributed by atoms with Crippen molar-refractivity contribution in [1.29, 1.82) is 0 Å². The van der Waals surface area contributed by atoms with Crippen LogP contribution in [0.4, 0.5) is 5.69 Å². The van der Waals surface area contributed by atoms with E-state index in [0.717, 1.165) is 36.4 Å². The van der Waals surface area contributed by atoms with E-state index >= 15 is 0 Å². The van der Waals surface area contributed by atoms with Gasteiger partial charge in [-0.25, -0.2) is 0 Å². The molecule has 7 heteroatoms. The summed E-state index contributed by atoms with van der Waals surface area (Å²) in [7, 11) is 0. The highest BCUT2D eigenvalue weighted by molar-refractivity contribution is 6.36. The lowest BCUT2D eigenvalue weighted by Crippen LogP contribution is -2.52. The van der Waals surface area contributed by atoms with Gasteiger partial charge in [0.25, 0.3) is 0 Å². The Balaban J connectivity index is 1.63. The largest absolute Gasteiger partial charge is 0.384 e. The number of aliphatic hydroxyl groups is 1. The van der Waals surface area contributed by atoms with Crippen LogP contribution in [-0.4, -0.2) is 41.2 Å². The first kappa shape index (κ1) is 23.3. The predicted octanol–water partition coefficient (Wildman–Crippen LogP) is 6.20. The maximum atomic E-state index is 11.4. The molecule has 4 nitrogen and oxygen atoms in total. The molecule has 1 aromatic heterocycles. The van der Waals surface area contributed by atoms with Crippen LogP contribution in [-0.2, 0) is 5.60 Å². The SMILES string of the molecule is CC[C@@](O)(CN1CCN(c2ccc(Cl)cc2Cl)[C@H](c2ccc(Cl)cc2)C1)c1cccnc1. The second-order valence-electron chi connectivity index (χ2n) is 8.22. The van der Waals surface area contributed by atoms with E-state index in [4.69, 9.17) is 34.8 Å². The number of hydrogen-bond donors (Lipinski definition) is 1. The highest BCUT2D eigenvalue weighted by Crippen LogP contribution is 2.37. The molecule has 2 atom stereocenters. The molecule has 1 fully saturated rings. The van der Waals surface area contributed by atoms with Gasteiger partial charge in [0, 0.05) is 54.2 Å². The Kier molecular flexibility index (Phi) is 7.28. The van der Waals surface area contributed by atoms with Crippen molar-refractivity contribution in [3.63, 3.8) is 0 Å². The Labute approximate surface area is 204 Å². The van der Waals surface area contributed by atoms with Crippen molar-refractivity contribution in [2.24, 2.45) is 0 Å². The van der Waals surface area contributed by atoms with Gasteiger partial charge in [0.1, 0.15) is 5.60 Å². The number of pyridine rings is 1. The van der Waals surface area contributed by atoms with Gasteiger partial charge in [-0.3, -0.25) is 9.88 Å². The van der Waals surface area contributed by atoms with E-state index in [-0.39, 0.29) is 6.04 Å². The maximum absolute atomic E-state index is 11.4. The van der Waals surface area contributed by atoms with E-state index in [0.29, 0.717) is 28.0 Å². The van der Waals surface area contributed by atoms with Crippen LogP contribution in [0.25, 0.3) is 0 Å². The van der Waals surface area contributed by atoms with Crippen molar-refractivity contribution in [3.8, 4) is 0 Å². The molecule has 4 rings (SSSR count). The van der Waals surface area contributed by atoms with Crippen molar-refractivity contribution >= 4 is 40.5 Å². The highest BCUT2D eigenvalue weighted by Gasteiger charge is 2.35. The van der Waals surface area contributed by atoms with E-state index in [1.54, 1.807) is 18.5 Å². The maximum Gasteiger partial charge on any atom is 0.103 e. The fraction of sp³-hybridized carbons (Fsp3) is 0.320. The first-order valence-corrected chi connectivity index (χ1v) is 11.9. The summed E-state index contributed by atoms with van der Waals surface area (Å²) in [4.78, 5) is 8.83. The fourth-order valence-electron chi connectivity index (χ4n) is 4.37. The molecule has 0 spiro atoms. The van der Waals surface area contributed by atoms with E-state index in [2.05, 4.69) is 26.9 Å². The van der Waals surface area contributed by atoms with E-state index in [1.165, 1.54) is 0 Å². The smallest absolute Gasteiger partial charge is 0.103 e. The van der Waals surface area contributed by atoms with E-state index in [1.807, 2.05) is 43.3 Å². The zero-order valence-electron chi connectivity index (χ0n) is 17.9. The number of nitrogens with zero attached hydrogens (tertiary/aromatic N) is 3. The Morgan fingerprint density at radius 3 is 2.44 bits per heavy atom. The number of halogens is 3. The molecule has 1 N–H and O–H groups in total. The number of anilines is 1. The van der Waals surface area contributed by atoms with Crippen molar-refractivity contribution in [1.82, 2.24) is 9.88 Å². The van der Waals surface area contributed by atoms with Gasteiger partial charge in [-0.2, -0.15) is 0 Å². The van der Waals surface area contributed by atoms with Crippen molar-refractivity contribution in [3.05, 3.63) is 93.2 Å². The number of benzene rings is 2. The summed E-state index contributed by atoms with van der Waals surface area (Å²) >= 11 is 18.9. The summed E-state index contributed by atoms with van der Waals surface area (Å²) in [6, 6.07) is 17.4. The average Bonchev–Trinajstić information content (AvgIpc) is 2.80. The lowest BCUT2D eigenvalue weighted by molar-refractivity contribution is -0.00957. The molecule has 32 heavy (non-hydrogen) atoms. The summed E-state index contributed by atoms with van der Waals surface area (Å²) < 4.78 is 0. The zero-order valence-corrected chi connectivity index (χ0v) is 20.2. The van der Waals surface area contributed by atoms with E-state index in [9.17, 15) is 5.11 Å². The number of hydrogen-bond acceptors (Lipinski definition) is 4. The van der Waals surface area contributed by atoms with Crippen LogP contribution >= 0.6 is 34.8 Å². The number of rotatable bonds is 6. The number of β-amino-alcohol motifs (C(OH)–C–C–N with tert-alkyl or cyclic N) is 1. The normalized spacial score (nSPS) is 19.0. The number of aromatic nitrogens is 1. The van der Waals surface area contributed by atoms with Crippen molar-refractivity contribution in [2.75, 3.05) is 31.1 Å². The van der Waals surface area contributed by atoms with Gasteiger partial charge in [0.2, 0.25) is 0 Å². The molecule has 0 bridgehead atoms. The molecule has 3 aromatic rings. The quantitative estimate of drug-likeness (QED) is 0.446. The monoisotopic (exact) mass is 489 g/mol. The third-order valence-corrected chi connectivity index (χ3v) is 7.00. The third kappa shape index (κ3) is 5.05. The molecule has 2 aromatic carbocycles. The summed E-state index contributed by atoms with van der Waals surface area (Å²) in [6.45, 7) is 4.84. The molecule has 2 heterocycles. The minimum absolute atomic E-state index is 0.0506. The topological polar surface area (TPSA) is 39.6 Å². The van der Waals surface area contributed by atoms with Crippen molar-refractivity contribution in [2.45, 2.75) is 25.0 Å². The summed E-state index contributed by atoms with van der Waals surface area (Å²) in [5.41, 5.74) is 1.98. The van der Waals surface area contributed by atoms with Crippen LogP contribution in [0.15, 0.2) is 67.0 Å². The van der Waals surface area contributed by atoms with Gasteiger partial charge < -0.3 is 10.0 Å². The van der Waals surface area contributed by atoms with Crippen LogP contribution in [0.5, 0.6) is 0 Å². The lowest BCUT2D eigenvalue weighted by Gasteiger charge is -2.45. The second-order valence-corrected chi connectivity index (χ2v) is 9.50. The fourth-order valence-corrected chi connectivity index (χ4v) is 5.01. The van der Waals surface area contributed by atoms with Gasteiger partial charge in [-0.15, -0.1) is 0 Å². The van der Waals surface area contributed by atoms with Gasteiger partial charge in [-0.1, -0.05) is 59.9 Å². The van der Waals surface area contributed by atoms with Gasteiger partial charge in [0.15, 0.2) is 0 Å². The first-order valence-electron chi connectivity index (χ1n) is 10.7. The van der Waals surface area contributed by atoms with Crippen LogP contribution in [0.3, 0.4) is 0 Å². The van der Waals surface area contributed by atoms with Gasteiger partial charge >= 0.3 is 0 Å². The van der Waals surface area contributed by atoms with Gasteiger partial charge in [-0.05, 0) is 48.4 Å². The molecular formula is C25H26Cl3N3O. The Morgan fingerprint density at radius 1 is 1.03 bits per heavy atom. The highest BCUT2D eigenvalue weighted by atomic mass is 35.5. The molecule has 168 valence electrons. The number of piperazine rings is 1. The first-order chi connectivity index (χ1) is 15.4. The molecule has 0 aliphatic carbocycles. The average molecular weight is 491 g/mol. The molecule has 0 unspecified atom stereocenters. The lowest BCUT2D eigenvalue weighted by atomic mass is 9.90. The minimum atomic E-state index is -0.959. The Morgan fingerprint density at radius 2 is 1.78 bits per heavy atom. The Hall–Kier alpha value is -1.82. The molecule has 0 amide bonds. The van der Waals surface area contributed by atoms with Crippen LogP contribution in [0.1, 0.15) is 30.5 Å². The molecular weight excluding hydrogens is 465 g/mol. The van der Waals surface area contributed by atoms with Crippen LogP contribution in [0, 0.1) is 0 Å². The van der Waals surface area contributed by atoms with Crippen LogP contribution < -0.4 is 4.90 Å². The molecule has 0 saturated carbocycles. The summed E-state index contributed by atoms with van der Waals surface area (Å²) in [6.07, 6.45) is 4.09. The van der Waals surface area contributed by atoms with Gasteiger partial charge in [0.05, 0.1) is 16.8 Å². The standard InChI is InChI=1S/C25H26Cl3N3O/c1-2-25(32,19-4-3-11-29-15-19)17-30-12-13-31(23-10-9-21(27)14-22(23)28)24(16-30)18-5-7-20(26)8-6-18/h3-11,14-15,24,32H,2,12-13,16-17H2,1H3/t24-,25+/m0/s1. The molecule has 1 saturated heterocycles. The molecule has 0 radical (unpaired) electrons. The molecule has 1 aliphatic rings.